The number of ether oxygens (including phenoxy) is 2. The summed E-state index contributed by atoms with van der Waals surface area (Å²) >= 11 is 0. The van der Waals surface area contributed by atoms with Crippen LogP contribution in [0.4, 0.5) is 13.2 Å². The van der Waals surface area contributed by atoms with Gasteiger partial charge in [-0.25, -0.2) is 4.79 Å². The molecule has 7 heteroatoms. The van der Waals surface area contributed by atoms with E-state index in [1.807, 2.05) is 0 Å². The fraction of sp³-hybridized carbons (Fsp3) is 0.292. The fourth-order valence-corrected chi connectivity index (χ4v) is 2.61. The van der Waals surface area contributed by atoms with Gasteiger partial charge in [0, 0.05) is 18.6 Å². The molecule has 0 aromatic heterocycles. The number of carbonyl (C=O) groups is 1. The Kier molecular flexibility index (Phi) is 8.71. The van der Waals surface area contributed by atoms with Crippen LogP contribution in [-0.2, 0) is 22.1 Å². The summed E-state index contributed by atoms with van der Waals surface area (Å²) in [6.07, 6.45) is -3.31. The van der Waals surface area contributed by atoms with Gasteiger partial charge in [0.15, 0.2) is 6.10 Å². The second kappa shape index (κ2) is 11.2. The largest absolute Gasteiger partial charge is 0.490 e. The molecule has 4 nitrogen and oxygen atoms in total. The van der Waals surface area contributed by atoms with Crippen LogP contribution in [0, 0.1) is 11.8 Å². The standard InChI is InChI=1S/C24H23F3O4/c1-3-30-22(23(28)29)16-19-9-11-21(12-10-19)31-14-13-17(2)7-8-18-5-4-6-20(15-18)24(25,26)27/h4-6,9-13,15,22H,3,14,16H2,1-2H3,(H,28,29)/t22-/m0/s1. The highest BCUT2D eigenvalue weighted by Gasteiger charge is 2.30. The molecule has 0 fully saturated rings. The van der Waals surface area contributed by atoms with Crippen molar-refractivity contribution < 1.29 is 32.5 Å². The normalized spacial score (nSPS) is 12.6. The van der Waals surface area contributed by atoms with Crippen molar-refractivity contribution in [3.05, 3.63) is 76.9 Å². The minimum absolute atomic E-state index is 0.235. The molecule has 0 saturated heterocycles. The van der Waals surface area contributed by atoms with E-state index in [9.17, 15) is 18.0 Å². The monoisotopic (exact) mass is 432 g/mol. The van der Waals surface area contributed by atoms with Crippen molar-refractivity contribution >= 4 is 5.97 Å². The van der Waals surface area contributed by atoms with Gasteiger partial charge in [0.2, 0.25) is 0 Å². The Balaban J connectivity index is 1.91. The Hall–Kier alpha value is -3.24. The highest BCUT2D eigenvalue weighted by molar-refractivity contribution is 5.72. The summed E-state index contributed by atoms with van der Waals surface area (Å²) in [5.74, 6) is 5.12. The first-order chi connectivity index (χ1) is 14.7. The lowest BCUT2D eigenvalue weighted by atomic mass is 10.1. The summed E-state index contributed by atoms with van der Waals surface area (Å²) < 4.78 is 49.0. The van der Waals surface area contributed by atoms with Gasteiger partial charge in [-0.3, -0.25) is 0 Å². The number of alkyl halides is 3. The van der Waals surface area contributed by atoms with E-state index in [4.69, 9.17) is 14.6 Å². The number of halogens is 3. The van der Waals surface area contributed by atoms with E-state index in [0.717, 1.165) is 17.7 Å². The predicted molar refractivity (Wildman–Crippen MR) is 111 cm³/mol. The van der Waals surface area contributed by atoms with Gasteiger partial charge in [0.05, 0.1) is 5.56 Å². The zero-order valence-electron chi connectivity index (χ0n) is 17.2. The van der Waals surface area contributed by atoms with Gasteiger partial charge in [0.1, 0.15) is 12.4 Å². The van der Waals surface area contributed by atoms with Crippen molar-refractivity contribution in [2.45, 2.75) is 32.5 Å². The van der Waals surface area contributed by atoms with Crippen molar-refractivity contribution in [2.24, 2.45) is 0 Å². The zero-order valence-corrected chi connectivity index (χ0v) is 17.2. The average Bonchev–Trinajstić information content (AvgIpc) is 2.72. The second-order valence-corrected chi connectivity index (χ2v) is 6.66. The fourth-order valence-electron chi connectivity index (χ4n) is 2.61. The molecular weight excluding hydrogens is 409 g/mol. The summed E-state index contributed by atoms with van der Waals surface area (Å²) in [6.45, 7) is 4.04. The van der Waals surface area contributed by atoms with Crippen molar-refractivity contribution in [1.82, 2.24) is 0 Å². The van der Waals surface area contributed by atoms with E-state index in [2.05, 4.69) is 11.8 Å². The van der Waals surface area contributed by atoms with E-state index in [1.54, 1.807) is 44.2 Å². The maximum atomic E-state index is 12.7. The lowest BCUT2D eigenvalue weighted by molar-refractivity contribution is -0.150. The number of carboxylic acids is 1. The molecule has 164 valence electrons. The van der Waals surface area contributed by atoms with Gasteiger partial charge >= 0.3 is 12.1 Å². The quantitative estimate of drug-likeness (QED) is 0.589. The minimum atomic E-state index is -4.40. The summed E-state index contributed by atoms with van der Waals surface area (Å²) in [7, 11) is 0. The summed E-state index contributed by atoms with van der Waals surface area (Å²) in [6, 6.07) is 11.9. The number of hydrogen-bond donors (Lipinski definition) is 1. The van der Waals surface area contributed by atoms with Gasteiger partial charge in [-0.05, 0) is 61.4 Å². The minimum Gasteiger partial charge on any atom is -0.490 e. The first-order valence-electron chi connectivity index (χ1n) is 9.61. The zero-order chi connectivity index (χ0) is 22.9. The molecule has 0 aliphatic heterocycles. The molecular formula is C24H23F3O4. The molecule has 0 unspecified atom stereocenters. The number of aliphatic carboxylic acids is 1. The van der Waals surface area contributed by atoms with Gasteiger partial charge in [-0.15, -0.1) is 0 Å². The lowest BCUT2D eigenvalue weighted by Gasteiger charge is -2.12. The first kappa shape index (κ1) is 24.0. The van der Waals surface area contributed by atoms with E-state index in [1.165, 1.54) is 12.1 Å². The predicted octanol–water partition coefficient (Wildman–Crippen LogP) is 5.11. The van der Waals surface area contributed by atoms with Crippen molar-refractivity contribution in [3.63, 3.8) is 0 Å². The number of hydrogen-bond acceptors (Lipinski definition) is 3. The van der Waals surface area contributed by atoms with Gasteiger partial charge in [-0.1, -0.05) is 30.0 Å². The molecule has 0 bridgehead atoms. The molecule has 0 aliphatic carbocycles. The topological polar surface area (TPSA) is 55.8 Å². The molecule has 1 N–H and O–H groups in total. The van der Waals surface area contributed by atoms with Crippen LogP contribution < -0.4 is 4.74 Å². The van der Waals surface area contributed by atoms with E-state index >= 15 is 0 Å². The molecule has 2 aromatic rings. The third-order valence-corrected chi connectivity index (χ3v) is 4.22. The molecule has 2 aromatic carbocycles. The molecule has 0 saturated carbocycles. The first-order valence-corrected chi connectivity index (χ1v) is 9.61. The average molecular weight is 432 g/mol. The Bertz CT molecular complexity index is 967. The van der Waals surface area contributed by atoms with Crippen molar-refractivity contribution in [1.29, 1.82) is 0 Å². The van der Waals surface area contributed by atoms with Crippen LogP contribution in [0.1, 0.15) is 30.5 Å². The summed E-state index contributed by atoms with van der Waals surface area (Å²) in [5.41, 5.74) is 1.02. The van der Waals surface area contributed by atoms with Crippen LogP contribution in [0.25, 0.3) is 0 Å². The molecule has 1 atom stereocenters. The third kappa shape index (κ3) is 8.19. The van der Waals surface area contributed by atoms with E-state index in [-0.39, 0.29) is 18.6 Å². The lowest BCUT2D eigenvalue weighted by Crippen LogP contribution is -2.26. The van der Waals surface area contributed by atoms with E-state index in [0.29, 0.717) is 17.9 Å². The van der Waals surface area contributed by atoms with Gasteiger partial charge in [0.25, 0.3) is 0 Å². The molecule has 0 spiro atoms. The Morgan fingerprint density at radius 2 is 1.90 bits per heavy atom. The maximum Gasteiger partial charge on any atom is 0.416 e. The van der Waals surface area contributed by atoms with E-state index < -0.39 is 23.8 Å². The number of benzene rings is 2. The summed E-state index contributed by atoms with van der Waals surface area (Å²) in [5, 5.41) is 9.14. The number of carboxylic acid groups (broad SMARTS) is 1. The van der Waals surface area contributed by atoms with Crippen LogP contribution in [-0.4, -0.2) is 30.4 Å². The smallest absolute Gasteiger partial charge is 0.416 e. The molecule has 0 aliphatic rings. The highest BCUT2D eigenvalue weighted by Crippen LogP contribution is 2.29. The Morgan fingerprint density at radius 1 is 1.19 bits per heavy atom. The molecule has 2 rings (SSSR count). The molecule has 0 heterocycles. The Morgan fingerprint density at radius 3 is 2.52 bits per heavy atom. The molecule has 0 amide bonds. The SMILES string of the molecule is CCO[C@@H](Cc1ccc(OCC=C(C)C#Cc2cccc(C(F)(F)F)c2)cc1)C(=O)O. The molecule has 31 heavy (non-hydrogen) atoms. The number of rotatable bonds is 8. The number of allylic oxidation sites excluding steroid dienone is 1. The third-order valence-electron chi connectivity index (χ3n) is 4.22. The van der Waals surface area contributed by atoms with Crippen LogP contribution >= 0.6 is 0 Å². The summed E-state index contributed by atoms with van der Waals surface area (Å²) in [4.78, 5) is 11.2. The van der Waals surface area contributed by atoms with Gasteiger partial charge < -0.3 is 14.6 Å². The second-order valence-electron chi connectivity index (χ2n) is 6.66. The van der Waals surface area contributed by atoms with Crippen molar-refractivity contribution in [2.75, 3.05) is 13.2 Å². The van der Waals surface area contributed by atoms with Crippen LogP contribution in [0.3, 0.4) is 0 Å². The highest BCUT2D eigenvalue weighted by atomic mass is 19.4. The van der Waals surface area contributed by atoms with Crippen LogP contribution in [0.5, 0.6) is 5.75 Å². The maximum absolute atomic E-state index is 12.7. The van der Waals surface area contributed by atoms with Crippen LogP contribution in [0.15, 0.2) is 60.2 Å². The molecule has 0 radical (unpaired) electrons. The van der Waals surface area contributed by atoms with Gasteiger partial charge in [-0.2, -0.15) is 13.2 Å². The van der Waals surface area contributed by atoms with Crippen LogP contribution in [0.2, 0.25) is 0 Å². The Labute approximate surface area is 179 Å². The van der Waals surface area contributed by atoms with Crippen molar-refractivity contribution in [3.8, 4) is 17.6 Å².